The van der Waals surface area contributed by atoms with E-state index in [1.807, 2.05) is 0 Å². The first-order valence-electron chi connectivity index (χ1n) is 5.32. The third-order valence-electron chi connectivity index (χ3n) is 3.15. The molecule has 5 heteroatoms. The Kier molecular flexibility index (Phi) is 3.79. The van der Waals surface area contributed by atoms with E-state index in [9.17, 15) is 13.0 Å². The molecule has 1 rings (SSSR count). The van der Waals surface area contributed by atoms with E-state index in [-0.39, 0.29) is 5.41 Å². The molecule has 1 fully saturated rings. The van der Waals surface area contributed by atoms with Crippen molar-refractivity contribution in [2.24, 2.45) is 11.3 Å². The lowest BCUT2D eigenvalue weighted by Gasteiger charge is -2.36. The molecule has 1 aliphatic carbocycles. The van der Waals surface area contributed by atoms with Gasteiger partial charge >= 0.3 is 0 Å². The van der Waals surface area contributed by atoms with Gasteiger partial charge in [-0.2, -0.15) is 0 Å². The van der Waals surface area contributed by atoms with Crippen LogP contribution < -0.4 is 0 Å². The Morgan fingerprint density at radius 3 is 1.93 bits per heavy atom. The Labute approximate surface area is 92.0 Å². The third kappa shape index (κ3) is 4.49. The molecule has 0 aromatic carbocycles. The Morgan fingerprint density at radius 2 is 1.60 bits per heavy atom. The van der Waals surface area contributed by atoms with Crippen molar-refractivity contribution in [3.63, 3.8) is 0 Å². The van der Waals surface area contributed by atoms with Crippen molar-refractivity contribution in [2.75, 3.05) is 0 Å². The van der Waals surface area contributed by atoms with Crippen molar-refractivity contribution in [1.82, 2.24) is 0 Å². The monoisotopic (exact) mass is 235 g/mol. The first kappa shape index (κ1) is 12.9. The van der Waals surface area contributed by atoms with Crippen LogP contribution in [0, 0.1) is 11.3 Å². The van der Waals surface area contributed by atoms with Crippen molar-refractivity contribution in [3.05, 3.63) is 0 Å². The summed E-state index contributed by atoms with van der Waals surface area (Å²) < 4.78 is 35.7. The molecule has 0 radical (unpaired) electrons. The molecule has 0 amide bonds. The fourth-order valence-electron chi connectivity index (χ4n) is 2.19. The molecule has 0 heterocycles. The second-order valence-electron chi connectivity index (χ2n) is 5.34. The molecule has 4 nitrogen and oxygen atoms in total. The molecule has 0 spiro atoms. The first-order valence-corrected chi connectivity index (χ1v) is 6.66. The van der Waals surface area contributed by atoms with Crippen LogP contribution in [0.3, 0.4) is 0 Å². The summed E-state index contributed by atoms with van der Waals surface area (Å²) in [5.41, 5.74) is 0.251. The summed E-state index contributed by atoms with van der Waals surface area (Å²) in [6.45, 7) is 6.55. The largest absolute Gasteiger partial charge is 0.726 e. The molecule has 0 aromatic rings. The van der Waals surface area contributed by atoms with Gasteiger partial charge in [0.25, 0.3) is 0 Å². The van der Waals surface area contributed by atoms with Gasteiger partial charge in [0.15, 0.2) is 0 Å². The zero-order valence-electron chi connectivity index (χ0n) is 9.52. The van der Waals surface area contributed by atoms with E-state index in [0.717, 1.165) is 12.8 Å². The van der Waals surface area contributed by atoms with Gasteiger partial charge in [0.2, 0.25) is 10.4 Å². The van der Waals surface area contributed by atoms with Crippen LogP contribution in [0.5, 0.6) is 0 Å². The van der Waals surface area contributed by atoms with Gasteiger partial charge in [-0.15, -0.1) is 0 Å². The summed E-state index contributed by atoms with van der Waals surface area (Å²) >= 11 is 0. The highest BCUT2D eigenvalue weighted by Crippen LogP contribution is 2.38. The van der Waals surface area contributed by atoms with E-state index in [2.05, 4.69) is 25.0 Å². The highest BCUT2D eigenvalue weighted by atomic mass is 32.3. The van der Waals surface area contributed by atoms with Crippen LogP contribution in [-0.2, 0) is 14.6 Å². The van der Waals surface area contributed by atoms with Crippen LogP contribution in [0.25, 0.3) is 0 Å². The number of hydrogen-bond donors (Lipinski definition) is 0. The molecule has 0 atom stereocenters. The Morgan fingerprint density at radius 1 is 1.13 bits per heavy atom. The lowest BCUT2D eigenvalue weighted by molar-refractivity contribution is 0.0827. The second kappa shape index (κ2) is 4.39. The van der Waals surface area contributed by atoms with E-state index in [0.29, 0.717) is 18.8 Å². The predicted molar refractivity (Wildman–Crippen MR) is 56.0 cm³/mol. The van der Waals surface area contributed by atoms with E-state index >= 15 is 0 Å². The van der Waals surface area contributed by atoms with Crippen molar-refractivity contribution in [1.29, 1.82) is 0 Å². The van der Waals surface area contributed by atoms with Crippen LogP contribution in [0.15, 0.2) is 0 Å². The average Bonchev–Trinajstić information content (AvgIpc) is 2.00. The van der Waals surface area contributed by atoms with E-state index in [1.54, 1.807) is 0 Å². The molecular weight excluding hydrogens is 216 g/mol. The van der Waals surface area contributed by atoms with E-state index in [1.165, 1.54) is 0 Å². The zero-order chi connectivity index (χ0) is 11.7. The van der Waals surface area contributed by atoms with Gasteiger partial charge in [0, 0.05) is 0 Å². The topological polar surface area (TPSA) is 66.4 Å². The summed E-state index contributed by atoms with van der Waals surface area (Å²) in [4.78, 5) is 0. The smallest absolute Gasteiger partial charge is 0.217 e. The minimum absolute atomic E-state index is 0.251. The van der Waals surface area contributed by atoms with Gasteiger partial charge < -0.3 is 4.55 Å². The third-order valence-corrected chi connectivity index (χ3v) is 3.66. The van der Waals surface area contributed by atoms with Crippen LogP contribution in [-0.4, -0.2) is 19.1 Å². The summed E-state index contributed by atoms with van der Waals surface area (Å²) in [6.07, 6.45) is 2.81. The molecule has 0 saturated heterocycles. The van der Waals surface area contributed by atoms with E-state index in [4.69, 9.17) is 0 Å². The first-order chi connectivity index (χ1) is 6.68. The summed E-state index contributed by atoms with van der Waals surface area (Å²) in [5, 5.41) is 0. The quantitative estimate of drug-likeness (QED) is 0.543. The predicted octanol–water partition coefficient (Wildman–Crippen LogP) is 2.07. The van der Waals surface area contributed by atoms with Crippen molar-refractivity contribution in [2.45, 2.75) is 52.6 Å². The number of hydrogen-bond acceptors (Lipinski definition) is 4. The van der Waals surface area contributed by atoms with Gasteiger partial charge in [-0.25, -0.2) is 8.42 Å². The maximum Gasteiger partial charge on any atom is 0.217 e. The van der Waals surface area contributed by atoms with Crippen LogP contribution >= 0.6 is 0 Å². The molecule has 0 unspecified atom stereocenters. The molecule has 0 aromatic heterocycles. The fourth-order valence-corrected chi connectivity index (χ4v) is 2.72. The Balaban J connectivity index is 2.43. The molecule has 1 aliphatic rings. The van der Waals surface area contributed by atoms with Gasteiger partial charge in [0.05, 0.1) is 6.10 Å². The number of rotatable bonds is 2. The summed E-state index contributed by atoms with van der Waals surface area (Å²) in [5.74, 6) is 0.590. The Hall–Kier alpha value is -0.130. The molecule has 1 saturated carbocycles. The fraction of sp³-hybridized carbons (Fsp3) is 1.00. The minimum Gasteiger partial charge on any atom is -0.726 e. The highest BCUT2D eigenvalue weighted by molar-refractivity contribution is 7.80. The van der Waals surface area contributed by atoms with Crippen LogP contribution in [0.1, 0.15) is 46.5 Å². The lowest BCUT2D eigenvalue weighted by atomic mass is 9.72. The normalized spacial score (nSPS) is 29.1. The Bertz CT molecular complexity index is 294. The lowest BCUT2D eigenvalue weighted by Crippen LogP contribution is -2.30. The van der Waals surface area contributed by atoms with Gasteiger partial charge in [-0.1, -0.05) is 20.8 Å². The molecule has 0 bridgehead atoms. The standard InChI is InChI=1S/C10H20O4S/c1-10(2,3)8-4-6-9(7-5-8)14-15(11,12)13/h8-9H,4-7H2,1-3H3,(H,11,12,13)/p-1. The van der Waals surface area contributed by atoms with E-state index < -0.39 is 16.5 Å². The second-order valence-corrected chi connectivity index (χ2v) is 6.35. The molecular formula is C10H19O4S-. The maximum atomic E-state index is 10.4. The molecule has 0 aliphatic heterocycles. The maximum absolute atomic E-state index is 10.4. The van der Waals surface area contributed by atoms with Crippen molar-refractivity contribution in [3.8, 4) is 0 Å². The van der Waals surface area contributed by atoms with Crippen LogP contribution in [0.2, 0.25) is 0 Å². The molecule has 15 heavy (non-hydrogen) atoms. The molecule has 90 valence electrons. The molecule has 0 N–H and O–H groups in total. The minimum atomic E-state index is -4.53. The SMILES string of the molecule is CC(C)(C)C1CCC(OS(=O)(=O)[O-])CC1. The van der Waals surface area contributed by atoms with Crippen molar-refractivity contribution < 1.29 is 17.2 Å². The van der Waals surface area contributed by atoms with Gasteiger partial charge in [-0.3, -0.25) is 4.18 Å². The van der Waals surface area contributed by atoms with Crippen LogP contribution in [0.4, 0.5) is 0 Å². The highest BCUT2D eigenvalue weighted by Gasteiger charge is 2.30. The van der Waals surface area contributed by atoms with Gasteiger partial charge in [-0.05, 0) is 37.0 Å². The average molecular weight is 235 g/mol. The zero-order valence-corrected chi connectivity index (χ0v) is 10.3. The summed E-state index contributed by atoms with van der Waals surface area (Å²) in [6, 6.07) is 0. The van der Waals surface area contributed by atoms with Gasteiger partial charge in [0.1, 0.15) is 0 Å². The summed E-state index contributed by atoms with van der Waals surface area (Å²) in [7, 11) is -4.53. The van der Waals surface area contributed by atoms with Crippen molar-refractivity contribution >= 4 is 10.4 Å².